The van der Waals surface area contributed by atoms with Crippen LogP contribution in [0, 0.1) is 0 Å². The zero-order chi connectivity index (χ0) is 71.1. The minimum Gasteiger partial charge on any atom is -0.480 e. The van der Waals surface area contributed by atoms with E-state index in [0.29, 0.717) is 73.8 Å². The van der Waals surface area contributed by atoms with Crippen molar-refractivity contribution in [1.82, 2.24) is 64.7 Å². The summed E-state index contributed by atoms with van der Waals surface area (Å²) >= 11 is 0.496. The lowest BCUT2D eigenvalue weighted by Gasteiger charge is -2.34. The van der Waals surface area contributed by atoms with Gasteiger partial charge in [-0.25, -0.2) is 31.8 Å². The van der Waals surface area contributed by atoms with Crippen LogP contribution < -0.4 is 30.7 Å². The number of amides is 3. The van der Waals surface area contributed by atoms with Crippen molar-refractivity contribution in [3.8, 4) is 11.1 Å². The van der Waals surface area contributed by atoms with E-state index in [1.165, 1.54) is 48.5 Å². The molecule has 1 aliphatic heterocycles. The maximum absolute atomic E-state index is 13.9. The number of nitrogens with one attached hydrogen (secondary N) is 7. The molecule has 2 atom stereocenters. The summed E-state index contributed by atoms with van der Waals surface area (Å²) < 4.78 is 81.6. The number of aliphatic carboxylic acids is 1. The fourth-order valence-electron chi connectivity index (χ4n) is 9.79. The molecule has 3 amide bonds. The first kappa shape index (κ1) is 78.3. The van der Waals surface area contributed by atoms with E-state index in [2.05, 4.69) is 55.2 Å². The topological polar surface area (TPSA) is 406 Å². The lowest BCUT2D eigenvalue weighted by Crippen LogP contribution is -2.53. The molecule has 0 saturated carbocycles. The summed E-state index contributed by atoms with van der Waals surface area (Å²) in [6.45, 7) is 17.5. The first-order chi connectivity index (χ1) is 45.6. The van der Waals surface area contributed by atoms with Crippen LogP contribution in [0.5, 0.6) is 0 Å². The number of hydrogen-bond acceptors (Lipinski definition) is 25. The summed E-state index contributed by atoms with van der Waals surface area (Å²) in [6.07, 6.45) is 5.69. The fraction of sp³-hybridized carbons (Fsp3) is 0.532. The normalized spacial score (nSPS) is 15.3. The highest BCUT2D eigenvalue weighted by atomic mass is 32.2. The number of benzene rings is 3. The first-order valence-electron chi connectivity index (χ1n) is 31.3. The van der Waals surface area contributed by atoms with Crippen LogP contribution >= 0.6 is 12.0 Å². The number of carbonyl (C=O) groups is 7. The molecule has 1 aliphatic rings. The van der Waals surface area contributed by atoms with Gasteiger partial charge in [-0.15, -0.1) is 4.33 Å². The maximum Gasteiger partial charge on any atom is 0.323 e. The van der Waals surface area contributed by atoms with Crippen LogP contribution in [-0.2, 0) is 78.9 Å². The van der Waals surface area contributed by atoms with Crippen molar-refractivity contribution >= 4 is 90.5 Å². The van der Waals surface area contributed by atoms with Crippen LogP contribution in [0.4, 0.5) is 5.95 Å². The molecule has 0 spiro atoms. The molecule has 6 rings (SSSR count). The predicted octanol–water partition coefficient (Wildman–Crippen LogP) is 2.29. The van der Waals surface area contributed by atoms with Crippen molar-refractivity contribution in [3.63, 3.8) is 0 Å². The Bertz CT molecular complexity index is 3610. The average Bonchev–Trinajstić information content (AvgIpc) is 1.77. The number of aromatic amines is 1. The minimum atomic E-state index is -4.45. The minimum absolute atomic E-state index is 0.0584. The zero-order valence-electron chi connectivity index (χ0n) is 56.0. The van der Waals surface area contributed by atoms with Crippen molar-refractivity contribution in [2.75, 3.05) is 116 Å². The van der Waals surface area contributed by atoms with E-state index < -0.39 is 97.1 Å². The number of imidazole rings is 1. The van der Waals surface area contributed by atoms with E-state index in [1.54, 1.807) is 109 Å². The van der Waals surface area contributed by atoms with Crippen molar-refractivity contribution < 1.29 is 84.3 Å². The second-order valence-electron chi connectivity index (χ2n) is 25.7. The summed E-state index contributed by atoms with van der Waals surface area (Å²) in [5.74, 6) is -4.59. The Hall–Kier alpha value is -7.68. The summed E-state index contributed by atoms with van der Waals surface area (Å²) in [7, 11) is -8.63. The molecular formula is C62H90N14O18S3. The van der Waals surface area contributed by atoms with E-state index in [9.17, 15) is 55.5 Å². The van der Waals surface area contributed by atoms with Gasteiger partial charge in [-0.3, -0.25) is 57.8 Å². The van der Waals surface area contributed by atoms with Crippen molar-refractivity contribution in [1.29, 1.82) is 0 Å². The second-order valence-corrected chi connectivity index (χ2v) is 29.9. The molecule has 3 aromatic carbocycles. The Morgan fingerprint density at radius 1 is 0.639 bits per heavy atom. The number of rotatable bonds is 32. The fourth-order valence-corrected chi connectivity index (χ4v) is 12.5. The van der Waals surface area contributed by atoms with Crippen LogP contribution in [0.2, 0.25) is 0 Å². The molecule has 0 bridgehead atoms. The number of H-pyrrole nitrogens is 1. The van der Waals surface area contributed by atoms with Crippen molar-refractivity contribution in [2.24, 2.45) is 0 Å². The number of ether oxygens (including phenoxy) is 3. The molecule has 9 N–H and O–H groups in total. The Morgan fingerprint density at radius 3 is 1.62 bits per heavy atom. The number of hydrogen-bond donors (Lipinski definition) is 9. The molecule has 3 heterocycles. The van der Waals surface area contributed by atoms with Gasteiger partial charge in [0.25, 0.3) is 5.91 Å². The SMILES string of the molecule is CC(C)(C)OC(=O)CN1CCN(CC(=O)N[C@@H](CSOOO)C(=O)NCCNS(=O)(=O)c2ccc(-c3ccc(S(=O)(=O)N[C@@H](CNC(=O)c4ccc5c(cnn5CCCNc5ncc[nH]5)c4)C(=O)O)cc3)cc2)CCN(CC(=O)OC(C)(C)C)CCN(CC(=O)OC(C)(C)C)CC1. The number of carbonyl (C=O) groups excluding carboxylic acids is 6. The number of carboxylic acid groups (broad SMARTS) is 1. The van der Waals surface area contributed by atoms with Crippen molar-refractivity contribution in [3.05, 3.63) is 90.9 Å². The van der Waals surface area contributed by atoms with E-state index in [0.717, 1.165) is 11.9 Å². The highest BCUT2D eigenvalue weighted by molar-refractivity contribution is 7.94. The lowest BCUT2D eigenvalue weighted by atomic mass is 10.1. The van der Waals surface area contributed by atoms with E-state index in [-0.39, 0.29) is 86.6 Å². The number of anilines is 1. The van der Waals surface area contributed by atoms with Crippen LogP contribution in [-0.4, -0.2) is 248 Å². The molecule has 0 aliphatic carbocycles. The van der Waals surface area contributed by atoms with Gasteiger partial charge >= 0.3 is 23.9 Å². The number of sulfonamides is 2. The number of fused-ring (bicyclic) bond motifs is 1. The Balaban J connectivity index is 1.02. The Kier molecular flexibility index (Phi) is 29.3. The Labute approximate surface area is 568 Å². The monoisotopic (exact) mass is 1410 g/mol. The number of aromatic nitrogens is 4. The molecule has 1 saturated heterocycles. The molecule has 5 aromatic rings. The maximum atomic E-state index is 13.9. The summed E-state index contributed by atoms with van der Waals surface area (Å²) in [6, 6.07) is 12.8. The highest BCUT2D eigenvalue weighted by Gasteiger charge is 2.30. The van der Waals surface area contributed by atoms with Gasteiger partial charge in [0.1, 0.15) is 28.9 Å². The lowest BCUT2D eigenvalue weighted by molar-refractivity contribution is -0.432. The van der Waals surface area contributed by atoms with Gasteiger partial charge in [0, 0.05) is 120 Å². The van der Waals surface area contributed by atoms with Crippen LogP contribution in [0.15, 0.2) is 95.1 Å². The largest absolute Gasteiger partial charge is 0.480 e. The predicted molar refractivity (Wildman–Crippen MR) is 358 cm³/mol. The van der Waals surface area contributed by atoms with Gasteiger partial charge in [0.05, 0.1) is 53.4 Å². The standard InChI is InChI=1S/C62H90N14O18S3/c1-60(2,3)90-53(78)39-73-29-27-72(28-30-74(40-54(79)91-61(4,5)6)32-34-75(33-31-73)41-55(80)92-62(7,8)9)38-52(77)70-50(42-95-94-93-85)57(82)63-24-25-69-96(86,87)47-16-11-43(12-17-47)44-13-18-48(19-14-44)97(88,89)71-49(58(83)84)37-67-56(81)45-15-20-51-46(35-45)36-68-76(51)26-10-21-64-59-65-22-23-66-59/h11-20,22-23,35-36,49-50,69,71,85H,10,21,24-34,37-42H2,1-9H3,(H,63,82)(H,67,81)(H,70,77)(H,83,84)(H2,64,65,66)/t49-,50-/m0/s1. The third kappa shape index (κ3) is 27.6. The van der Waals surface area contributed by atoms with E-state index in [1.807, 2.05) is 14.7 Å². The average molecular weight is 1420 g/mol. The summed E-state index contributed by atoms with van der Waals surface area (Å²) in [5, 5.41) is 38.5. The van der Waals surface area contributed by atoms with E-state index >= 15 is 0 Å². The summed E-state index contributed by atoms with van der Waals surface area (Å²) in [4.78, 5) is 107. The second kappa shape index (κ2) is 36.2. The molecule has 0 radical (unpaired) electrons. The van der Waals surface area contributed by atoms with Gasteiger partial charge in [-0.2, -0.15) is 9.82 Å². The van der Waals surface area contributed by atoms with Crippen molar-refractivity contribution in [2.45, 2.75) is 114 Å². The molecule has 534 valence electrons. The zero-order valence-corrected chi connectivity index (χ0v) is 58.4. The molecular weight excluding hydrogens is 1320 g/mol. The van der Waals surface area contributed by atoms with Gasteiger partial charge in [-0.05, 0) is 122 Å². The van der Waals surface area contributed by atoms with Gasteiger partial charge < -0.3 is 45.6 Å². The van der Waals surface area contributed by atoms with E-state index in [4.69, 9.17) is 19.5 Å². The van der Waals surface area contributed by atoms with Crippen LogP contribution in [0.3, 0.4) is 0 Å². The Morgan fingerprint density at radius 2 is 1.14 bits per heavy atom. The first-order valence-corrected chi connectivity index (χ1v) is 35.2. The smallest absolute Gasteiger partial charge is 0.323 e. The quantitative estimate of drug-likeness (QED) is 0.00744. The molecule has 97 heavy (non-hydrogen) atoms. The van der Waals surface area contributed by atoms with Gasteiger partial charge in [-0.1, -0.05) is 29.3 Å². The number of nitrogens with zero attached hydrogens (tertiary/aromatic N) is 7. The number of aryl methyl sites for hydroxylation is 1. The third-order valence-electron chi connectivity index (χ3n) is 14.3. The van der Waals surface area contributed by atoms with Crippen LogP contribution in [0.1, 0.15) is 79.1 Å². The van der Waals surface area contributed by atoms with Crippen LogP contribution in [0.25, 0.3) is 22.0 Å². The van der Waals surface area contributed by atoms with Gasteiger partial charge in [0.2, 0.25) is 31.9 Å². The summed E-state index contributed by atoms with van der Waals surface area (Å²) in [5.41, 5.74) is -0.319. The molecule has 1 fully saturated rings. The number of carboxylic acids is 1. The highest BCUT2D eigenvalue weighted by Crippen LogP contribution is 2.24. The third-order valence-corrected chi connectivity index (χ3v) is 17.9. The number of esters is 3. The molecule has 35 heteroatoms. The molecule has 0 unspecified atom stereocenters. The molecule has 32 nitrogen and oxygen atoms in total. The molecule has 2 aromatic heterocycles. The van der Waals surface area contributed by atoms with Gasteiger partial charge in [0.15, 0.2) is 5.95 Å².